The summed E-state index contributed by atoms with van der Waals surface area (Å²) in [6.07, 6.45) is 11.9. The van der Waals surface area contributed by atoms with Crippen LogP contribution in [0.3, 0.4) is 0 Å². The van der Waals surface area contributed by atoms with Crippen LogP contribution in [-0.2, 0) is 0 Å². The van der Waals surface area contributed by atoms with Crippen molar-refractivity contribution in [2.24, 2.45) is 40.9 Å². The van der Waals surface area contributed by atoms with Crippen molar-refractivity contribution in [1.82, 2.24) is 5.32 Å². The minimum absolute atomic E-state index is 0.397. The van der Waals surface area contributed by atoms with Crippen molar-refractivity contribution in [2.75, 3.05) is 0 Å². The third kappa shape index (κ3) is 3.90. The SMILES string of the molecule is C[C@H](N[C@H](C)[C@H]1CC[C@H]2[C@@H]3CC[C@@H]4C[C@](C)(O)CC[C@@H]4[C@H]3CC[C@]12C)c1ccccc1. The summed E-state index contributed by atoms with van der Waals surface area (Å²) >= 11 is 0. The predicted molar refractivity (Wildman–Crippen MR) is 129 cm³/mol. The summed E-state index contributed by atoms with van der Waals surface area (Å²) < 4.78 is 0. The van der Waals surface area contributed by atoms with Crippen LogP contribution in [-0.4, -0.2) is 16.7 Å². The smallest absolute Gasteiger partial charge is 0.0622 e. The number of hydrogen-bond donors (Lipinski definition) is 2. The molecule has 172 valence electrons. The van der Waals surface area contributed by atoms with Gasteiger partial charge in [0.25, 0.3) is 0 Å². The van der Waals surface area contributed by atoms with E-state index in [0.29, 0.717) is 17.5 Å². The Morgan fingerprint density at radius 2 is 1.61 bits per heavy atom. The lowest BCUT2D eigenvalue weighted by atomic mass is 9.49. The Labute approximate surface area is 190 Å². The van der Waals surface area contributed by atoms with Crippen LogP contribution in [0.5, 0.6) is 0 Å². The second-order valence-electron chi connectivity index (χ2n) is 12.5. The molecular formula is C29H45NO. The van der Waals surface area contributed by atoms with Crippen molar-refractivity contribution in [3.05, 3.63) is 35.9 Å². The molecule has 10 atom stereocenters. The maximum absolute atomic E-state index is 10.6. The monoisotopic (exact) mass is 423 g/mol. The number of hydrogen-bond acceptors (Lipinski definition) is 2. The average molecular weight is 424 g/mol. The Hall–Kier alpha value is -0.860. The normalized spacial score (nSPS) is 46.5. The summed E-state index contributed by atoms with van der Waals surface area (Å²) in [5, 5.41) is 14.6. The van der Waals surface area contributed by atoms with E-state index in [1.807, 2.05) is 0 Å². The van der Waals surface area contributed by atoms with Gasteiger partial charge < -0.3 is 10.4 Å². The Morgan fingerprint density at radius 3 is 2.39 bits per heavy atom. The number of nitrogens with one attached hydrogen (secondary N) is 1. The number of rotatable bonds is 4. The van der Waals surface area contributed by atoms with Gasteiger partial charge in [-0.05, 0) is 125 Å². The van der Waals surface area contributed by atoms with Crippen molar-refractivity contribution < 1.29 is 5.11 Å². The van der Waals surface area contributed by atoms with E-state index in [2.05, 4.69) is 63.3 Å². The van der Waals surface area contributed by atoms with E-state index in [9.17, 15) is 5.11 Å². The van der Waals surface area contributed by atoms with Gasteiger partial charge in [-0.1, -0.05) is 37.3 Å². The van der Waals surface area contributed by atoms with Gasteiger partial charge in [-0.3, -0.25) is 0 Å². The van der Waals surface area contributed by atoms with Crippen LogP contribution in [0.25, 0.3) is 0 Å². The maximum atomic E-state index is 10.6. The summed E-state index contributed by atoms with van der Waals surface area (Å²) in [6.45, 7) is 9.54. The molecule has 0 radical (unpaired) electrons. The lowest BCUT2D eigenvalue weighted by Gasteiger charge is -2.57. The van der Waals surface area contributed by atoms with Crippen molar-refractivity contribution in [3.63, 3.8) is 0 Å². The molecule has 4 saturated carbocycles. The minimum atomic E-state index is -0.397. The van der Waals surface area contributed by atoms with Gasteiger partial charge in [-0.25, -0.2) is 0 Å². The first-order valence-electron chi connectivity index (χ1n) is 13.3. The minimum Gasteiger partial charge on any atom is -0.390 e. The topological polar surface area (TPSA) is 32.3 Å². The number of aliphatic hydroxyl groups is 1. The van der Waals surface area contributed by atoms with Crippen LogP contribution >= 0.6 is 0 Å². The molecule has 4 aliphatic rings. The molecule has 4 aliphatic carbocycles. The Morgan fingerprint density at radius 1 is 0.871 bits per heavy atom. The fourth-order valence-corrected chi connectivity index (χ4v) is 9.29. The van der Waals surface area contributed by atoms with Gasteiger partial charge in [-0.2, -0.15) is 0 Å². The quantitative estimate of drug-likeness (QED) is 0.561. The first kappa shape index (κ1) is 22.0. The molecule has 1 aromatic carbocycles. The molecule has 31 heavy (non-hydrogen) atoms. The first-order valence-corrected chi connectivity index (χ1v) is 13.3. The molecular weight excluding hydrogens is 378 g/mol. The molecule has 0 spiro atoms. The highest BCUT2D eigenvalue weighted by molar-refractivity contribution is 5.18. The van der Waals surface area contributed by atoms with Crippen molar-refractivity contribution in [2.45, 2.75) is 103 Å². The summed E-state index contributed by atoms with van der Waals surface area (Å²) in [5.41, 5.74) is 1.52. The zero-order valence-electron chi connectivity index (χ0n) is 20.3. The van der Waals surface area contributed by atoms with E-state index in [1.165, 1.54) is 50.5 Å². The van der Waals surface area contributed by atoms with Gasteiger partial charge in [-0.15, -0.1) is 0 Å². The molecule has 0 amide bonds. The number of fused-ring (bicyclic) bond motifs is 5. The second-order valence-corrected chi connectivity index (χ2v) is 12.5. The zero-order valence-corrected chi connectivity index (χ0v) is 20.3. The van der Waals surface area contributed by atoms with Crippen LogP contribution in [0.1, 0.15) is 97.1 Å². The molecule has 0 heterocycles. The van der Waals surface area contributed by atoms with Crippen LogP contribution in [0.4, 0.5) is 0 Å². The summed E-state index contributed by atoms with van der Waals surface area (Å²) in [6, 6.07) is 11.9. The van der Waals surface area contributed by atoms with Crippen LogP contribution in [0.2, 0.25) is 0 Å². The third-order valence-electron chi connectivity index (χ3n) is 10.7. The van der Waals surface area contributed by atoms with Crippen molar-refractivity contribution >= 4 is 0 Å². The van der Waals surface area contributed by atoms with E-state index >= 15 is 0 Å². The number of benzene rings is 1. The summed E-state index contributed by atoms with van der Waals surface area (Å²) in [5.74, 6) is 5.31. The average Bonchev–Trinajstić information content (AvgIpc) is 3.10. The van der Waals surface area contributed by atoms with E-state index in [4.69, 9.17) is 0 Å². The molecule has 0 unspecified atom stereocenters. The molecule has 0 aromatic heterocycles. The molecule has 0 bridgehead atoms. The molecule has 2 N–H and O–H groups in total. The Kier molecular flexibility index (Phi) is 5.79. The van der Waals surface area contributed by atoms with Gasteiger partial charge in [0.1, 0.15) is 0 Å². The molecule has 0 saturated heterocycles. The molecule has 2 nitrogen and oxygen atoms in total. The summed E-state index contributed by atoms with van der Waals surface area (Å²) in [4.78, 5) is 0. The standard InChI is InChI=1S/C29H45NO/c1-19(21-8-6-5-7-9-21)30-20(2)26-12-13-27-25-11-10-22-18-28(3,31)16-14-23(22)24(25)15-17-29(26,27)4/h5-9,19-20,22-27,30-31H,10-18H2,1-4H3/t19-,20+,22+,23-,24+,25+,26+,27-,28+,29+/m0/s1. The fourth-order valence-electron chi connectivity index (χ4n) is 9.29. The highest BCUT2D eigenvalue weighted by Crippen LogP contribution is 2.65. The Bertz CT molecular complexity index is 759. The first-order chi connectivity index (χ1) is 14.8. The molecule has 2 heteroatoms. The van der Waals surface area contributed by atoms with Gasteiger partial charge in [0.15, 0.2) is 0 Å². The van der Waals surface area contributed by atoms with Crippen LogP contribution in [0, 0.1) is 40.9 Å². The molecule has 5 rings (SSSR count). The predicted octanol–water partition coefficient (Wildman–Crippen LogP) is 6.75. The lowest BCUT2D eigenvalue weighted by molar-refractivity contribution is -0.101. The molecule has 4 fully saturated rings. The van der Waals surface area contributed by atoms with Crippen LogP contribution in [0.15, 0.2) is 30.3 Å². The highest BCUT2D eigenvalue weighted by Gasteiger charge is 2.58. The van der Waals surface area contributed by atoms with Gasteiger partial charge in [0.05, 0.1) is 5.60 Å². The van der Waals surface area contributed by atoms with E-state index in [-0.39, 0.29) is 0 Å². The molecule has 1 aromatic rings. The molecule has 0 aliphatic heterocycles. The zero-order chi connectivity index (χ0) is 21.8. The van der Waals surface area contributed by atoms with E-state index < -0.39 is 5.60 Å². The van der Waals surface area contributed by atoms with Gasteiger partial charge in [0, 0.05) is 12.1 Å². The summed E-state index contributed by atoms with van der Waals surface area (Å²) in [7, 11) is 0. The van der Waals surface area contributed by atoms with Crippen molar-refractivity contribution in [1.29, 1.82) is 0 Å². The Balaban J connectivity index is 1.28. The maximum Gasteiger partial charge on any atom is 0.0622 e. The largest absolute Gasteiger partial charge is 0.390 e. The van der Waals surface area contributed by atoms with E-state index in [0.717, 1.165) is 48.3 Å². The van der Waals surface area contributed by atoms with Crippen LogP contribution < -0.4 is 5.32 Å². The third-order valence-corrected chi connectivity index (χ3v) is 10.7. The van der Waals surface area contributed by atoms with Gasteiger partial charge >= 0.3 is 0 Å². The highest BCUT2D eigenvalue weighted by atomic mass is 16.3. The lowest BCUT2D eigenvalue weighted by Crippen LogP contribution is -2.52. The van der Waals surface area contributed by atoms with Crippen molar-refractivity contribution in [3.8, 4) is 0 Å². The second kappa shape index (κ2) is 8.17. The fraction of sp³-hybridized carbons (Fsp3) is 0.793. The van der Waals surface area contributed by atoms with E-state index in [1.54, 1.807) is 0 Å². The van der Waals surface area contributed by atoms with Gasteiger partial charge in [0.2, 0.25) is 0 Å².